The van der Waals surface area contributed by atoms with Gasteiger partial charge >= 0.3 is 5.97 Å². The maximum absolute atomic E-state index is 12.7. The van der Waals surface area contributed by atoms with Gasteiger partial charge in [0.1, 0.15) is 11.6 Å². The van der Waals surface area contributed by atoms with Gasteiger partial charge in [-0.2, -0.15) is 5.26 Å². The summed E-state index contributed by atoms with van der Waals surface area (Å²) < 4.78 is 5.57. The third-order valence-corrected chi connectivity index (χ3v) is 3.82. The lowest BCUT2D eigenvalue weighted by Gasteiger charge is -2.23. The van der Waals surface area contributed by atoms with E-state index in [0.717, 1.165) is 16.8 Å². The Morgan fingerprint density at radius 3 is 2.00 bits per heavy atom. The Kier molecular flexibility index (Phi) is 7.31. The molecule has 0 fully saturated rings. The topological polar surface area (TPSA) is 62.5 Å². The van der Waals surface area contributed by atoms with E-state index in [0.29, 0.717) is 19.3 Å². The molecule has 0 saturated heterocycles. The largest absolute Gasteiger partial charge is 0.458 e. The molecule has 0 aliphatic rings. The van der Waals surface area contributed by atoms with Crippen LogP contribution in [0, 0.1) is 11.3 Å². The summed E-state index contributed by atoms with van der Waals surface area (Å²) in [7, 11) is 0. The quantitative estimate of drug-likeness (QED) is 0.230. The first-order valence-corrected chi connectivity index (χ1v) is 9.19. The number of carbonyl (C=O) groups excluding carboxylic acids is 1. The van der Waals surface area contributed by atoms with E-state index in [9.17, 15) is 4.79 Å². The fourth-order valence-corrected chi connectivity index (χ4v) is 2.64. The Bertz CT molecular complexity index is 758. The van der Waals surface area contributed by atoms with Crippen molar-refractivity contribution in [1.82, 2.24) is 0 Å². The Morgan fingerprint density at radius 2 is 1.56 bits per heavy atom. The molecule has 0 aliphatic heterocycles. The minimum absolute atomic E-state index is 0.357. The molecule has 0 bridgehead atoms. The van der Waals surface area contributed by atoms with Crippen LogP contribution in [0.15, 0.2) is 65.7 Å². The Hall–Kier alpha value is -2.93. The van der Waals surface area contributed by atoms with Gasteiger partial charge in [-0.1, -0.05) is 60.7 Å². The lowest BCUT2D eigenvalue weighted by atomic mass is 10.0. The Morgan fingerprint density at radius 1 is 1.04 bits per heavy atom. The maximum atomic E-state index is 12.7. The number of hydrogen-bond donors (Lipinski definition) is 0. The number of rotatable bonds is 7. The normalized spacial score (nSPS) is 11.9. The van der Waals surface area contributed by atoms with Gasteiger partial charge in [0, 0.05) is 17.5 Å². The van der Waals surface area contributed by atoms with Crippen LogP contribution in [0.2, 0.25) is 0 Å². The van der Waals surface area contributed by atoms with Crippen LogP contribution < -0.4 is 0 Å². The van der Waals surface area contributed by atoms with Gasteiger partial charge in [0.05, 0.1) is 11.8 Å². The molecular formula is C23H26N2O2. The summed E-state index contributed by atoms with van der Waals surface area (Å²) in [5.74, 6) is -0.357. The van der Waals surface area contributed by atoms with Crippen LogP contribution in [0.25, 0.3) is 0 Å². The molecule has 27 heavy (non-hydrogen) atoms. The molecule has 1 unspecified atom stereocenters. The van der Waals surface area contributed by atoms with Gasteiger partial charge < -0.3 is 4.74 Å². The molecule has 0 N–H and O–H groups in total. The van der Waals surface area contributed by atoms with Crippen LogP contribution >= 0.6 is 0 Å². The molecule has 0 saturated carbocycles. The first kappa shape index (κ1) is 20.4. The monoisotopic (exact) mass is 364 g/mol. The third kappa shape index (κ3) is 6.71. The highest BCUT2D eigenvalue weighted by atomic mass is 16.6. The van der Waals surface area contributed by atoms with E-state index < -0.39 is 11.6 Å². The van der Waals surface area contributed by atoms with Crippen molar-refractivity contribution in [2.24, 2.45) is 4.99 Å². The molecule has 2 aromatic carbocycles. The van der Waals surface area contributed by atoms with Crippen LogP contribution in [-0.4, -0.2) is 23.3 Å². The summed E-state index contributed by atoms with van der Waals surface area (Å²) in [5.41, 5.74) is 2.05. The number of benzene rings is 2. The zero-order chi connectivity index (χ0) is 19.7. The molecule has 0 aromatic heterocycles. The van der Waals surface area contributed by atoms with Crippen molar-refractivity contribution in [1.29, 1.82) is 5.26 Å². The maximum Gasteiger partial charge on any atom is 0.331 e. The molecule has 2 rings (SSSR count). The minimum Gasteiger partial charge on any atom is -0.458 e. The van der Waals surface area contributed by atoms with Gasteiger partial charge in [-0.3, -0.25) is 4.99 Å². The first-order chi connectivity index (χ1) is 12.9. The van der Waals surface area contributed by atoms with Gasteiger partial charge in [-0.25, -0.2) is 4.79 Å². The fourth-order valence-electron chi connectivity index (χ4n) is 2.64. The number of carbonyl (C=O) groups is 1. The van der Waals surface area contributed by atoms with E-state index in [-0.39, 0.29) is 5.97 Å². The van der Waals surface area contributed by atoms with Gasteiger partial charge in [0.15, 0.2) is 0 Å². The Balaban J connectivity index is 2.43. The average Bonchev–Trinajstić information content (AvgIpc) is 2.64. The van der Waals surface area contributed by atoms with E-state index in [1.807, 2.05) is 81.4 Å². The second-order valence-electron chi connectivity index (χ2n) is 7.31. The summed E-state index contributed by atoms with van der Waals surface area (Å²) in [5, 5.41) is 8.84. The van der Waals surface area contributed by atoms with Gasteiger partial charge in [0.2, 0.25) is 0 Å². The van der Waals surface area contributed by atoms with Crippen LogP contribution in [0.1, 0.15) is 51.2 Å². The second-order valence-corrected chi connectivity index (χ2v) is 7.31. The number of aliphatic imine (C=N–C) groups is 1. The molecule has 0 amide bonds. The highest BCUT2D eigenvalue weighted by molar-refractivity contribution is 6.13. The van der Waals surface area contributed by atoms with E-state index in [1.54, 1.807) is 0 Å². The number of nitriles is 1. The van der Waals surface area contributed by atoms with E-state index in [2.05, 4.69) is 6.07 Å². The summed E-state index contributed by atoms with van der Waals surface area (Å²) in [6.45, 7) is 5.53. The van der Waals surface area contributed by atoms with E-state index >= 15 is 0 Å². The highest BCUT2D eigenvalue weighted by Crippen LogP contribution is 2.18. The summed E-state index contributed by atoms with van der Waals surface area (Å²) in [4.78, 5) is 17.5. The Labute approximate surface area is 161 Å². The lowest BCUT2D eigenvalue weighted by Crippen LogP contribution is -2.31. The average molecular weight is 364 g/mol. The van der Waals surface area contributed by atoms with E-state index in [4.69, 9.17) is 15.0 Å². The molecule has 0 aliphatic carbocycles. The van der Waals surface area contributed by atoms with Gasteiger partial charge in [0.25, 0.3) is 0 Å². The summed E-state index contributed by atoms with van der Waals surface area (Å²) in [6.07, 6.45) is 1.47. The molecule has 140 valence electrons. The van der Waals surface area contributed by atoms with Crippen molar-refractivity contribution in [3.63, 3.8) is 0 Å². The fraction of sp³-hybridized carbons (Fsp3) is 0.348. The van der Waals surface area contributed by atoms with Crippen LogP contribution in [-0.2, 0) is 9.53 Å². The minimum atomic E-state index is -0.645. The number of ether oxygens (including phenoxy) is 1. The SMILES string of the molecule is CC(C)(C)OC(=O)C(CCC[13C]#[15N])N=C(c1ccccc1)c1ccccc1. The number of unbranched alkanes of at least 4 members (excludes halogenated alkanes) is 1. The summed E-state index contributed by atoms with van der Waals surface area (Å²) in [6, 6.07) is 21.1. The zero-order valence-corrected chi connectivity index (χ0v) is 16.2. The second kappa shape index (κ2) is 9.68. The molecule has 4 nitrogen and oxygen atoms in total. The van der Waals surface area contributed by atoms with Crippen LogP contribution in [0.5, 0.6) is 0 Å². The van der Waals surface area contributed by atoms with Crippen molar-refractivity contribution in [3.8, 4) is 6.07 Å². The molecule has 4 heteroatoms. The first-order valence-electron chi connectivity index (χ1n) is 9.19. The van der Waals surface area contributed by atoms with Crippen molar-refractivity contribution in [2.45, 2.75) is 51.7 Å². The smallest absolute Gasteiger partial charge is 0.331 e. The van der Waals surface area contributed by atoms with E-state index in [1.165, 1.54) is 0 Å². The molecule has 1 atom stereocenters. The number of hydrogen-bond acceptors (Lipinski definition) is 4. The van der Waals surface area contributed by atoms with Crippen molar-refractivity contribution < 1.29 is 9.53 Å². The molecule has 0 spiro atoms. The molecular weight excluding hydrogens is 338 g/mol. The third-order valence-electron chi connectivity index (χ3n) is 3.82. The number of esters is 1. The lowest BCUT2D eigenvalue weighted by molar-refractivity contribution is -0.156. The van der Waals surface area contributed by atoms with Gasteiger partial charge in [-0.15, -0.1) is 0 Å². The van der Waals surface area contributed by atoms with Crippen molar-refractivity contribution >= 4 is 11.7 Å². The number of nitrogens with zero attached hydrogens (tertiary/aromatic N) is 2. The molecule has 2 aromatic rings. The predicted molar refractivity (Wildman–Crippen MR) is 108 cm³/mol. The molecule has 0 radical (unpaired) electrons. The van der Waals surface area contributed by atoms with Crippen LogP contribution in [0.3, 0.4) is 0 Å². The van der Waals surface area contributed by atoms with Crippen molar-refractivity contribution in [3.05, 3.63) is 71.8 Å². The summed E-state index contributed by atoms with van der Waals surface area (Å²) >= 11 is 0. The van der Waals surface area contributed by atoms with Crippen LogP contribution in [0.4, 0.5) is 0 Å². The predicted octanol–water partition coefficient (Wildman–Crippen LogP) is 4.93. The van der Waals surface area contributed by atoms with Crippen molar-refractivity contribution in [2.75, 3.05) is 0 Å². The molecule has 0 heterocycles. The van der Waals surface area contributed by atoms with Gasteiger partial charge in [-0.05, 0) is 33.6 Å². The zero-order valence-electron chi connectivity index (χ0n) is 16.2. The highest BCUT2D eigenvalue weighted by Gasteiger charge is 2.25. The standard InChI is InChI=1S/C23H26N2O2/c1-23(2,3)27-22(26)20(16-10-11-17-24)25-21(18-12-6-4-7-13-18)19-14-8-5-9-15-19/h4-9,12-15,20H,10-11,16H2,1-3H3/i17+1,24+1.